The van der Waals surface area contributed by atoms with Gasteiger partial charge in [0.2, 0.25) is 0 Å². The minimum Gasteiger partial charge on any atom is -0.344 e. The molecule has 1 fully saturated rings. The van der Waals surface area contributed by atoms with Gasteiger partial charge in [0.05, 0.1) is 5.54 Å². The molecule has 1 amide bonds. The molecule has 86 valence electrons. The molecule has 1 saturated heterocycles. The fourth-order valence-corrected chi connectivity index (χ4v) is 2.24. The number of halogens is 1. The minimum absolute atomic E-state index is 0.126. The van der Waals surface area contributed by atoms with E-state index in [0.29, 0.717) is 5.69 Å². The largest absolute Gasteiger partial charge is 0.344 e. The van der Waals surface area contributed by atoms with Crippen LogP contribution in [-0.4, -0.2) is 29.5 Å². The molecule has 0 radical (unpaired) electrons. The maximum absolute atomic E-state index is 12.0. The van der Waals surface area contributed by atoms with Gasteiger partial charge in [-0.3, -0.25) is 4.79 Å². The number of aromatic nitrogens is 1. The molecule has 2 N–H and O–H groups in total. The molecular weight excluding hydrogens is 270 g/mol. The third-order valence-electron chi connectivity index (χ3n) is 2.76. The Morgan fingerprint density at radius 2 is 2.50 bits per heavy atom. The van der Waals surface area contributed by atoms with E-state index in [1.165, 1.54) is 0 Å². The molecule has 1 aromatic rings. The van der Waals surface area contributed by atoms with Gasteiger partial charge in [0.15, 0.2) is 0 Å². The summed E-state index contributed by atoms with van der Waals surface area (Å²) < 4.78 is 0.724. The number of carbonyl (C=O) groups excluding carboxylic acids is 1. The molecule has 2 rings (SSSR count). The molecule has 0 saturated carbocycles. The first-order valence-corrected chi connectivity index (χ1v) is 6.04. The summed E-state index contributed by atoms with van der Waals surface area (Å²) >= 11 is 3.32. The van der Waals surface area contributed by atoms with Crippen molar-refractivity contribution < 1.29 is 4.79 Å². The third-order valence-corrected chi connectivity index (χ3v) is 3.40. The Morgan fingerprint density at radius 1 is 1.69 bits per heavy atom. The van der Waals surface area contributed by atoms with Gasteiger partial charge in [0.1, 0.15) is 5.69 Å². The Balaban J connectivity index is 2.11. The summed E-state index contributed by atoms with van der Waals surface area (Å²) in [5.41, 5.74) is 0.282. The van der Waals surface area contributed by atoms with Crippen LogP contribution in [0.2, 0.25) is 0 Å². The van der Waals surface area contributed by atoms with Crippen LogP contribution in [0.1, 0.15) is 23.8 Å². The number of amides is 1. The molecule has 0 bridgehead atoms. The lowest BCUT2D eigenvalue weighted by Gasteiger charge is -2.24. The monoisotopic (exact) mass is 283 g/mol. The highest BCUT2D eigenvalue weighted by molar-refractivity contribution is 9.10. The van der Waals surface area contributed by atoms with Crippen LogP contribution in [0.4, 0.5) is 0 Å². The number of nitrogens with one attached hydrogen (secondary N) is 2. The van der Waals surface area contributed by atoms with Crippen molar-refractivity contribution in [2.24, 2.45) is 0 Å². The minimum atomic E-state index is -0.159. The van der Waals surface area contributed by atoms with E-state index < -0.39 is 0 Å². The van der Waals surface area contributed by atoms with Gasteiger partial charge in [0.25, 0.3) is 5.91 Å². The Hall–Kier alpha value is -0.940. The predicted octanol–water partition coefficient (Wildman–Crippen LogP) is 1.33. The Labute approximate surface area is 103 Å². The zero-order chi connectivity index (χ0) is 11.6. The van der Waals surface area contributed by atoms with E-state index in [2.05, 4.69) is 31.5 Å². The standard InChI is InChI=1S/C11H14BrN3O/c1-11(4-6-13-7-11)15-10(16)9-8(12)3-2-5-14-9/h2-3,5,13H,4,6-7H2,1H3,(H,15,16). The van der Waals surface area contributed by atoms with Crippen molar-refractivity contribution in [1.82, 2.24) is 15.6 Å². The summed E-state index contributed by atoms with van der Waals surface area (Å²) in [6.07, 6.45) is 2.57. The number of rotatable bonds is 2. The van der Waals surface area contributed by atoms with Crippen molar-refractivity contribution in [2.45, 2.75) is 18.9 Å². The molecule has 1 aromatic heterocycles. The Bertz CT molecular complexity index is 402. The van der Waals surface area contributed by atoms with Gasteiger partial charge in [-0.1, -0.05) is 0 Å². The van der Waals surface area contributed by atoms with Crippen LogP contribution in [0.15, 0.2) is 22.8 Å². The van der Waals surface area contributed by atoms with Gasteiger partial charge in [0, 0.05) is 17.2 Å². The van der Waals surface area contributed by atoms with Crippen molar-refractivity contribution >= 4 is 21.8 Å². The fourth-order valence-electron chi connectivity index (χ4n) is 1.81. The van der Waals surface area contributed by atoms with Crippen LogP contribution in [-0.2, 0) is 0 Å². The van der Waals surface area contributed by atoms with Crippen molar-refractivity contribution in [3.63, 3.8) is 0 Å². The van der Waals surface area contributed by atoms with Gasteiger partial charge in [-0.2, -0.15) is 0 Å². The van der Waals surface area contributed by atoms with Crippen LogP contribution < -0.4 is 10.6 Å². The number of hydrogen-bond donors (Lipinski definition) is 2. The summed E-state index contributed by atoms with van der Waals surface area (Å²) in [6, 6.07) is 3.61. The second-order valence-electron chi connectivity index (χ2n) is 4.28. The quantitative estimate of drug-likeness (QED) is 0.861. The Morgan fingerprint density at radius 3 is 3.12 bits per heavy atom. The topological polar surface area (TPSA) is 54.0 Å². The van der Waals surface area contributed by atoms with Crippen molar-refractivity contribution in [1.29, 1.82) is 0 Å². The zero-order valence-corrected chi connectivity index (χ0v) is 10.7. The molecule has 0 aliphatic carbocycles. The molecule has 0 aromatic carbocycles. The number of pyridine rings is 1. The van der Waals surface area contributed by atoms with Crippen LogP contribution in [0, 0.1) is 0 Å². The fraction of sp³-hybridized carbons (Fsp3) is 0.455. The average Bonchev–Trinajstić information content (AvgIpc) is 2.65. The second-order valence-corrected chi connectivity index (χ2v) is 5.13. The molecule has 0 spiro atoms. The highest BCUT2D eigenvalue weighted by Gasteiger charge is 2.31. The normalized spacial score (nSPS) is 24.4. The predicted molar refractivity (Wildman–Crippen MR) is 65.3 cm³/mol. The first-order valence-electron chi connectivity index (χ1n) is 5.24. The maximum atomic E-state index is 12.0. The molecular formula is C11H14BrN3O. The van der Waals surface area contributed by atoms with Crippen LogP contribution in [0.25, 0.3) is 0 Å². The molecule has 5 heteroatoms. The van der Waals surface area contributed by atoms with E-state index >= 15 is 0 Å². The van der Waals surface area contributed by atoms with Crippen molar-refractivity contribution in [3.05, 3.63) is 28.5 Å². The first kappa shape index (κ1) is 11.5. The van der Waals surface area contributed by atoms with Gasteiger partial charge in [-0.05, 0) is 48.0 Å². The second kappa shape index (κ2) is 4.51. The smallest absolute Gasteiger partial charge is 0.271 e. The summed E-state index contributed by atoms with van der Waals surface area (Å²) in [6.45, 7) is 3.80. The number of hydrogen-bond acceptors (Lipinski definition) is 3. The lowest BCUT2D eigenvalue weighted by molar-refractivity contribution is 0.0907. The molecule has 2 heterocycles. The zero-order valence-electron chi connectivity index (χ0n) is 9.09. The average molecular weight is 284 g/mol. The van der Waals surface area contributed by atoms with E-state index in [9.17, 15) is 4.79 Å². The molecule has 4 nitrogen and oxygen atoms in total. The molecule has 1 unspecified atom stereocenters. The van der Waals surface area contributed by atoms with Crippen LogP contribution >= 0.6 is 15.9 Å². The SMILES string of the molecule is CC1(NC(=O)c2ncccc2Br)CCNC1. The number of carbonyl (C=O) groups is 1. The summed E-state index contributed by atoms with van der Waals surface area (Å²) in [5, 5.41) is 6.26. The van der Waals surface area contributed by atoms with Gasteiger partial charge < -0.3 is 10.6 Å². The van der Waals surface area contributed by atoms with Gasteiger partial charge in [-0.15, -0.1) is 0 Å². The van der Waals surface area contributed by atoms with Gasteiger partial charge in [-0.25, -0.2) is 4.98 Å². The van der Waals surface area contributed by atoms with Gasteiger partial charge >= 0.3 is 0 Å². The summed E-state index contributed by atoms with van der Waals surface area (Å²) in [7, 11) is 0. The van der Waals surface area contributed by atoms with E-state index in [4.69, 9.17) is 0 Å². The lowest BCUT2D eigenvalue weighted by Crippen LogP contribution is -2.47. The highest BCUT2D eigenvalue weighted by atomic mass is 79.9. The molecule has 1 atom stereocenters. The van der Waals surface area contributed by atoms with Crippen LogP contribution in [0.5, 0.6) is 0 Å². The van der Waals surface area contributed by atoms with Crippen LogP contribution in [0.3, 0.4) is 0 Å². The summed E-state index contributed by atoms with van der Waals surface area (Å²) in [5.74, 6) is -0.126. The molecule has 16 heavy (non-hydrogen) atoms. The first-order chi connectivity index (χ1) is 7.61. The number of nitrogens with zero attached hydrogens (tertiary/aromatic N) is 1. The summed E-state index contributed by atoms with van der Waals surface area (Å²) in [4.78, 5) is 16.1. The van der Waals surface area contributed by atoms with E-state index in [0.717, 1.165) is 24.0 Å². The van der Waals surface area contributed by atoms with Crippen molar-refractivity contribution in [2.75, 3.05) is 13.1 Å². The van der Waals surface area contributed by atoms with E-state index in [-0.39, 0.29) is 11.4 Å². The third kappa shape index (κ3) is 2.41. The molecule has 1 aliphatic heterocycles. The van der Waals surface area contributed by atoms with E-state index in [1.54, 1.807) is 12.3 Å². The van der Waals surface area contributed by atoms with Crippen molar-refractivity contribution in [3.8, 4) is 0 Å². The highest BCUT2D eigenvalue weighted by Crippen LogP contribution is 2.17. The maximum Gasteiger partial charge on any atom is 0.271 e. The molecule has 1 aliphatic rings. The lowest BCUT2D eigenvalue weighted by atomic mass is 10.0. The van der Waals surface area contributed by atoms with E-state index in [1.807, 2.05) is 13.0 Å². The Kier molecular flexibility index (Phi) is 3.25.